The monoisotopic (exact) mass is 455 g/mol. The molecule has 3 aliphatic rings. The fraction of sp³-hybridized carbons (Fsp3) is 0.550. The summed E-state index contributed by atoms with van der Waals surface area (Å²) in [5, 5.41) is 6.83. The number of alkyl halides is 3. The van der Waals surface area contributed by atoms with Crippen molar-refractivity contribution in [1.29, 1.82) is 0 Å². The number of hydrazone groups is 1. The summed E-state index contributed by atoms with van der Waals surface area (Å²) in [6.07, 6.45) is -5.14. The maximum atomic E-state index is 13.8. The van der Waals surface area contributed by atoms with Crippen molar-refractivity contribution >= 4 is 29.2 Å². The zero-order valence-electron chi connectivity index (χ0n) is 18.0. The van der Waals surface area contributed by atoms with Crippen LogP contribution in [0.1, 0.15) is 33.3 Å². The number of anilines is 2. The molecule has 4 rings (SSSR count). The van der Waals surface area contributed by atoms with Crippen molar-refractivity contribution in [3.63, 3.8) is 0 Å². The van der Waals surface area contributed by atoms with Crippen LogP contribution in [-0.2, 0) is 15.7 Å². The first-order chi connectivity index (χ1) is 14.8. The van der Waals surface area contributed by atoms with Gasteiger partial charge < -0.3 is 24.6 Å². The van der Waals surface area contributed by atoms with Gasteiger partial charge in [-0.2, -0.15) is 18.3 Å². The minimum absolute atomic E-state index is 0.0207. The minimum atomic E-state index is -4.63. The second kappa shape index (κ2) is 7.45. The number of amides is 2. The Balaban J connectivity index is 1.59. The van der Waals surface area contributed by atoms with Gasteiger partial charge in [-0.05, 0) is 39.8 Å². The average Bonchev–Trinajstić information content (AvgIpc) is 2.63. The molecule has 0 saturated carbocycles. The summed E-state index contributed by atoms with van der Waals surface area (Å²) in [5.41, 5.74) is 0.987. The molecule has 0 spiro atoms. The molecule has 1 unspecified atom stereocenters. The average molecular weight is 455 g/mol. The molecule has 3 heterocycles. The molecule has 0 bridgehead atoms. The number of amidine groups is 1. The van der Waals surface area contributed by atoms with Crippen LogP contribution in [0, 0.1) is 0 Å². The van der Waals surface area contributed by atoms with Crippen LogP contribution in [0.2, 0.25) is 0 Å². The highest BCUT2D eigenvalue weighted by molar-refractivity contribution is 6.09. The zero-order valence-corrected chi connectivity index (χ0v) is 18.0. The second-order valence-electron chi connectivity index (χ2n) is 8.93. The Morgan fingerprint density at radius 3 is 2.59 bits per heavy atom. The molecule has 32 heavy (non-hydrogen) atoms. The van der Waals surface area contributed by atoms with Gasteiger partial charge in [0, 0.05) is 18.8 Å². The molecule has 9 nitrogen and oxygen atoms in total. The van der Waals surface area contributed by atoms with Gasteiger partial charge in [-0.1, -0.05) is 0 Å². The van der Waals surface area contributed by atoms with Crippen LogP contribution in [0.5, 0.6) is 5.75 Å². The molecule has 1 atom stereocenters. The van der Waals surface area contributed by atoms with E-state index >= 15 is 0 Å². The largest absolute Gasteiger partial charge is 0.483 e. The molecular formula is C20H24F3N5O4. The first kappa shape index (κ1) is 22.0. The van der Waals surface area contributed by atoms with Crippen LogP contribution in [0.25, 0.3) is 0 Å². The van der Waals surface area contributed by atoms with Crippen molar-refractivity contribution in [3.8, 4) is 5.75 Å². The van der Waals surface area contributed by atoms with Crippen LogP contribution in [0.15, 0.2) is 17.2 Å². The highest BCUT2D eigenvalue weighted by Crippen LogP contribution is 2.44. The van der Waals surface area contributed by atoms with Gasteiger partial charge in [-0.25, -0.2) is 10.2 Å². The maximum absolute atomic E-state index is 13.8. The van der Waals surface area contributed by atoms with E-state index in [1.54, 1.807) is 32.6 Å². The smallest absolute Gasteiger partial charge is 0.418 e. The van der Waals surface area contributed by atoms with E-state index in [1.165, 1.54) is 11.0 Å². The predicted octanol–water partition coefficient (Wildman–Crippen LogP) is 2.77. The molecule has 1 fully saturated rings. The third kappa shape index (κ3) is 4.13. The van der Waals surface area contributed by atoms with Crippen LogP contribution in [0.4, 0.5) is 29.3 Å². The molecule has 2 amide bonds. The lowest BCUT2D eigenvalue weighted by Crippen LogP contribution is -2.58. The van der Waals surface area contributed by atoms with Gasteiger partial charge >= 0.3 is 12.3 Å². The molecule has 12 heteroatoms. The first-order valence-corrected chi connectivity index (χ1v) is 10.1. The number of carbonyl (C=O) groups excluding carboxylic acids is 2. The Hall–Kier alpha value is -3.18. The minimum Gasteiger partial charge on any atom is -0.483 e. The summed E-state index contributed by atoms with van der Waals surface area (Å²) in [5.74, 6) is 0.0467. The van der Waals surface area contributed by atoms with E-state index in [-0.39, 0.29) is 43.1 Å². The summed E-state index contributed by atoms with van der Waals surface area (Å²) in [6.45, 7) is 7.20. The predicted molar refractivity (Wildman–Crippen MR) is 110 cm³/mol. The molecule has 0 radical (unpaired) electrons. The lowest BCUT2D eigenvalue weighted by atomic mass is 10.0. The van der Waals surface area contributed by atoms with Crippen molar-refractivity contribution in [3.05, 3.63) is 17.7 Å². The number of hydrogen-bond acceptors (Lipinski definition) is 7. The number of halogens is 3. The number of nitrogens with one attached hydrogen (secondary N) is 2. The fourth-order valence-electron chi connectivity index (χ4n) is 3.69. The Kier molecular flexibility index (Phi) is 5.13. The highest BCUT2D eigenvalue weighted by atomic mass is 19.4. The third-order valence-corrected chi connectivity index (χ3v) is 5.25. The van der Waals surface area contributed by atoms with Gasteiger partial charge in [0.2, 0.25) is 0 Å². The summed E-state index contributed by atoms with van der Waals surface area (Å²) in [7, 11) is 0. The highest BCUT2D eigenvalue weighted by Gasteiger charge is 2.41. The SMILES string of the molecule is CC1C(=O)NN=C2COc3cc(C(F)(F)F)c(NC4CN(C(=O)OC(C)(C)C)C4)cc3N21. The molecule has 0 aliphatic carbocycles. The van der Waals surface area contributed by atoms with Gasteiger partial charge in [0.1, 0.15) is 24.0 Å². The van der Waals surface area contributed by atoms with E-state index in [0.29, 0.717) is 11.5 Å². The molecule has 2 N–H and O–H groups in total. The first-order valence-electron chi connectivity index (χ1n) is 10.1. The van der Waals surface area contributed by atoms with Gasteiger partial charge in [-0.15, -0.1) is 0 Å². The Labute approximate surface area is 182 Å². The van der Waals surface area contributed by atoms with E-state index < -0.39 is 29.5 Å². The normalized spacial score (nSPS) is 20.9. The summed E-state index contributed by atoms with van der Waals surface area (Å²) < 4.78 is 52.1. The number of nitrogens with zero attached hydrogens (tertiary/aromatic N) is 3. The molecular weight excluding hydrogens is 431 g/mol. The van der Waals surface area contributed by atoms with Crippen LogP contribution >= 0.6 is 0 Å². The van der Waals surface area contributed by atoms with Gasteiger partial charge in [-0.3, -0.25) is 4.79 Å². The number of rotatable bonds is 2. The lowest BCUT2D eigenvalue weighted by Gasteiger charge is -2.41. The number of carbonyl (C=O) groups is 2. The number of hydrogen-bond donors (Lipinski definition) is 2. The summed E-state index contributed by atoms with van der Waals surface area (Å²) in [6, 6.07) is 1.19. The Bertz CT molecular complexity index is 983. The second-order valence-corrected chi connectivity index (χ2v) is 8.93. The van der Waals surface area contributed by atoms with Crippen LogP contribution in [-0.4, -0.2) is 60.1 Å². The Morgan fingerprint density at radius 2 is 1.97 bits per heavy atom. The maximum Gasteiger partial charge on any atom is 0.418 e. The van der Waals surface area contributed by atoms with Crippen molar-refractivity contribution in [1.82, 2.24) is 10.3 Å². The quantitative estimate of drug-likeness (QED) is 0.712. The molecule has 3 aliphatic heterocycles. The molecule has 1 aromatic rings. The van der Waals surface area contributed by atoms with Crippen molar-refractivity contribution in [2.24, 2.45) is 5.10 Å². The number of benzene rings is 1. The molecule has 1 aromatic carbocycles. The van der Waals surface area contributed by atoms with Crippen LogP contribution < -0.4 is 20.4 Å². The molecule has 0 aromatic heterocycles. The van der Waals surface area contributed by atoms with Crippen molar-refractivity contribution in [2.45, 2.75) is 51.6 Å². The number of fused-ring (bicyclic) bond motifs is 3. The van der Waals surface area contributed by atoms with E-state index in [9.17, 15) is 22.8 Å². The van der Waals surface area contributed by atoms with E-state index in [0.717, 1.165) is 6.07 Å². The third-order valence-electron chi connectivity index (χ3n) is 5.25. The van der Waals surface area contributed by atoms with Crippen molar-refractivity contribution in [2.75, 3.05) is 29.9 Å². The van der Waals surface area contributed by atoms with E-state index in [2.05, 4.69) is 15.8 Å². The summed E-state index contributed by atoms with van der Waals surface area (Å²) >= 11 is 0. The summed E-state index contributed by atoms with van der Waals surface area (Å²) in [4.78, 5) is 27.1. The van der Waals surface area contributed by atoms with Gasteiger partial charge in [0.15, 0.2) is 5.84 Å². The lowest BCUT2D eigenvalue weighted by molar-refractivity contribution is -0.137. The zero-order chi connectivity index (χ0) is 23.4. The molecule has 174 valence electrons. The molecule has 1 saturated heterocycles. The van der Waals surface area contributed by atoms with Gasteiger partial charge in [0.05, 0.1) is 17.3 Å². The number of ether oxygens (including phenoxy) is 2. The fourth-order valence-corrected chi connectivity index (χ4v) is 3.69. The van der Waals surface area contributed by atoms with E-state index in [1.807, 2.05) is 0 Å². The standard InChI is InChI=1S/C20H24F3N5O4/c1-10-17(29)26-25-16-9-31-15-5-12(20(21,22)23)13(6-14(15)28(10)16)24-11-7-27(8-11)18(30)32-19(2,3)4/h5-6,10-11,24H,7-9H2,1-4H3,(H,26,29). The van der Waals surface area contributed by atoms with Crippen LogP contribution in [0.3, 0.4) is 0 Å². The van der Waals surface area contributed by atoms with Crippen molar-refractivity contribution < 1.29 is 32.2 Å². The Morgan fingerprint density at radius 1 is 1.28 bits per heavy atom. The number of likely N-dealkylation sites (tertiary alicyclic amines) is 1. The van der Waals surface area contributed by atoms with E-state index in [4.69, 9.17) is 9.47 Å². The van der Waals surface area contributed by atoms with Gasteiger partial charge in [0.25, 0.3) is 5.91 Å². The topological polar surface area (TPSA) is 95.5 Å².